The summed E-state index contributed by atoms with van der Waals surface area (Å²) in [4.78, 5) is 15.0. The monoisotopic (exact) mass is 267 g/mol. The Balaban J connectivity index is 2.98. The van der Waals surface area contributed by atoms with Gasteiger partial charge < -0.3 is 10.0 Å². The van der Waals surface area contributed by atoms with Crippen LogP contribution in [0.3, 0.4) is 0 Å². The maximum Gasteiger partial charge on any atom is 0.254 e. The molecule has 1 amide bonds. The van der Waals surface area contributed by atoms with Crippen molar-refractivity contribution < 1.29 is 9.90 Å². The molecule has 0 unspecified atom stereocenters. The number of hydrogen-bond acceptors (Lipinski definition) is 3. The van der Waals surface area contributed by atoms with Gasteiger partial charge in [0, 0.05) is 29.7 Å². The maximum atomic E-state index is 12.5. The molecule has 0 aliphatic rings. The fourth-order valence-electron chi connectivity index (χ4n) is 1.83. The number of carbonyl (C=O) groups is 1. The molecule has 0 aliphatic heterocycles. The van der Waals surface area contributed by atoms with E-state index in [9.17, 15) is 4.79 Å². The van der Waals surface area contributed by atoms with Crippen molar-refractivity contribution in [2.24, 2.45) is 0 Å². The third kappa shape index (κ3) is 3.75. The lowest BCUT2D eigenvalue weighted by molar-refractivity contribution is 0.0692. The van der Waals surface area contributed by atoms with E-state index in [1.807, 2.05) is 32.9 Å². The van der Waals surface area contributed by atoms with E-state index in [-0.39, 0.29) is 18.6 Å². The van der Waals surface area contributed by atoms with Crippen LogP contribution >= 0.6 is 12.6 Å². The van der Waals surface area contributed by atoms with Crippen molar-refractivity contribution in [3.8, 4) is 0 Å². The van der Waals surface area contributed by atoms with E-state index in [0.717, 1.165) is 10.5 Å². The molecule has 0 saturated heterocycles. The Morgan fingerprint density at radius 1 is 1.44 bits per heavy atom. The Hall–Kier alpha value is -1.00. The zero-order chi connectivity index (χ0) is 13.7. The van der Waals surface area contributed by atoms with Crippen LogP contribution in [0.5, 0.6) is 0 Å². The molecule has 100 valence electrons. The van der Waals surface area contributed by atoms with Crippen molar-refractivity contribution in [1.29, 1.82) is 0 Å². The summed E-state index contributed by atoms with van der Waals surface area (Å²) in [6.07, 6.45) is 0.601. The van der Waals surface area contributed by atoms with Gasteiger partial charge in [-0.15, -0.1) is 12.6 Å². The van der Waals surface area contributed by atoms with Gasteiger partial charge in [0.15, 0.2) is 0 Å². The van der Waals surface area contributed by atoms with Crippen LogP contribution in [0.4, 0.5) is 0 Å². The Bertz CT molecular complexity index is 418. The number of rotatable bonds is 5. The summed E-state index contributed by atoms with van der Waals surface area (Å²) in [5.41, 5.74) is 1.64. The largest absolute Gasteiger partial charge is 0.396 e. The number of amides is 1. The Morgan fingerprint density at radius 3 is 2.67 bits per heavy atom. The van der Waals surface area contributed by atoms with E-state index in [2.05, 4.69) is 12.6 Å². The van der Waals surface area contributed by atoms with Gasteiger partial charge in [-0.1, -0.05) is 6.07 Å². The van der Waals surface area contributed by atoms with Crippen LogP contribution in [0, 0.1) is 6.92 Å². The summed E-state index contributed by atoms with van der Waals surface area (Å²) >= 11 is 4.28. The molecule has 18 heavy (non-hydrogen) atoms. The first kappa shape index (κ1) is 15.1. The molecule has 1 N–H and O–H groups in total. The van der Waals surface area contributed by atoms with E-state index in [1.165, 1.54) is 0 Å². The third-order valence-electron chi connectivity index (χ3n) is 2.89. The predicted octanol–water partition coefficient (Wildman–Crippen LogP) is 2.52. The van der Waals surface area contributed by atoms with Gasteiger partial charge in [-0.3, -0.25) is 4.79 Å². The van der Waals surface area contributed by atoms with Gasteiger partial charge in [0.1, 0.15) is 0 Å². The van der Waals surface area contributed by atoms with E-state index < -0.39 is 0 Å². The smallest absolute Gasteiger partial charge is 0.254 e. The molecule has 3 nitrogen and oxygen atoms in total. The van der Waals surface area contributed by atoms with Crippen LogP contribution in [-0.4, -0.2) is 35.1 Å². The van der Waals surface area contributed by atoms with Crippen LogP contribution in [0.15, 0.2) is 23.1 Å². The fraction of sp³-hybridized carbons (Fsp3) is 0.500. The first-order chi connectivity index (χ1) is 8.47. The number of aliphatic hydroxyl groups excluding tert-OH is 1. The molecular formula is C14H21NO2S. The topological polar surface area (TPSA) is 40.5 Å². The van der Waals surface area contributed by atoms with Gasteiger partial charge in [0.05, 0.1) is 0 Å². The van der Waals surface area contributed by atoms with E-state index >= 15 is 0 Å². The van der Waals surface area contributed by atoms with Crippen LogP contribution in [-0.2, 0) is 0 Å². The second kappa shape index (κ2) is 6.81. The number of aryl methyl sites for hydroxylation is 1. The molecule has 4 heteroatoms. The van der Waals surface area contributed by atoms with E-state index in [4.69, 9.17) is 5.11 Å². The van der Waals surface area contributed by atoms with Crippen LogP contribution in [0.25, 0.3) is 0 Å². The average molecular weight is 267 g/mol. The summed E-state index contributed by atoms with van der Waals surface area (Å²) in [5.74, 6) is 0.00634. The molecule has 0 bridgehead atoms. The minimum Gasteiger partial charge on any atom is -0.396 e. The number of nitrogens with zero attached hydrogens (tertiary/aromatic N) is 1. The number of benzene rings is 1. The molecule has 0 heterocycles. The third-order valence-corrected chi connectivity index (χ3v) is 3.17. The number of thiol groups is 1. The molecular weight excluding hydrogens is 246 g/mol. The molecule has 0 saturated carbocycles. The van der Waals surface area contributed by atoms with Crippen LogP contribution in [0.1, 0.15) is 36.2 Å². The Kier molecular flexibility index (Phi) is 5.69. The quantitative estimate of drug-likeness (QED) is 0.805. The van der Waals surface area contributed by atoms with Crippen molar-refractivity contribution in [2.45, 2.75) is 38.1 Å². The minimum atomic E-state index is 0.00634. The van der Waals surface area contributed by atoms with Crippen molar-refractivity contribution in [2.75, 3.05) is 13.2 Å². The highest BCUT2D eigenvalue weighted by Crippen LogP contribution is 2.17. The SMILES string of the molecule is Cc1ccc(S)cc1C(=O)N(CCCO)C(C)C. The lowest BCUT2D eigenvalue weighted by Gasteiger charge is -2.27. The minimum absolute atomic E-state index is 0.00634. The van der Waals surface area contributed by atoms with E-state index in [0.29, 0.717) is 18.5 Å². The highest BCUT2D eigenvalue weighted by molar-refractivity contribution is 7.80. The van der Waals surface area contributed by atoms with Crippen LogP contribution in [0.2, 0.25) is 0 Å². The standard InChI is InChI=1S/C14H21NO2S/c1-10(2)15(7-4-8-16)14(17)13-9-12(18)6-5-11(13)3/h5-6,9-10,16,18H,4,7-8H2,1-3H3. The highest BCUT2D eigenvalue weighted by Gasteiger charge is 2.19. The summed E-state index contributed by atoms with van der Waals surface area (Å²) in [5, 5.41) is 8.90. The van der Waals surface area contributed by atoms with E-state index in [1.54, 1.807) is 11.0 Å². The molecule has 0 aliphatic carbocycles. The average Bonchev–Trinajstić information content (AvgIpc) is 2.32. The number of aliphatic hydroxyl groups is 1. The van der Waals surface area contributed by atoms with Gasteiger partial charge in [-0.25, -0.2) is 0 Å². The first-order valence-electron chi connectivity index (χ1n) is 6.18. The Morgan fingerprint density at radius 2 is 2.11 bits per heavy atom. The number of hydrogen-bond donors (Lipinski definition) is 2. The van der Waals surface area contributed by atoms with Gasteiger partial charge >= 0.3 is 0 Å². The zero-order valence-corrected chi connectivity index (χ0v) is 12.1. The zero-order valence-electron chi connectivity index (χ0n) is 11.2. The Labute approximate surface area is 114 Å². The fourth-order valence-corrected chi connectivity index (χ4v) is 2.03. The normalized spacial score (nSPS) is 10.8. The van der Waals surface area contributed by atoms with Crippen molar-refractivity contribution >= 4 is 18.5 Å². The van der Waals surface area contributed by atoms with Gasteiger partial charge in [0.25, 0.3) is 5.91 Å². The number of carbonyl (C=O) groups excluding carboxylic acids is 1. The maximum absolute atomic E-state index is 12.5. The highest BCUT2D eigenvalue weighted by atomic mass is 32.1. The molecule has 1 aromatic carbocycles. The second-order valence-electron chi connectivity index (χ2n) is 4.67. The first-order valence-corrected chi connectivity index (χ1v) is 6.63. The molecule has 0 fully saturated rings. The van der Waals surface area contributed by atoms with Crippen LogP contribution < -0.4 is 0 Å². The van der Waals surface area contributed by atoms with Crippen molar-refractivity contribution in [3.05, 3.63) is 29.3 Å². The van der Waals surface area contributed by atoms with Gasteiger partial charge in [-0.2, -0.15) is 0 Å². The summed E-state index contributed by atoms with van der Waals surface area (Å²) < 4.78 is 0. The van der Waals surface area contributed by atoms with Crippen molar-refractivity contribution in [1.82, 2.24) is 4.90 Å². The summed E-state index contributed by atoms with van der Waals surface area (Å²) in [6, 6.07) is 5.70. The molecule has 0 atom stereocenters. The summed E-state index contributed by atoms with van der Waals surface area (Å²) in [7, 11) is 0. The molecule has 1 aromatic rings. The molecule has 0 spiro atoms. The predicted molar refractivity (Wildman–Crippen MR) is 76.3 cm³/mol. The lowest BCUT2D eigenvalue weighted by atomic mass is 10.1. The van der Waals surface area contributed by atoms with Gasteiger partial charge in [-0.05, 0) is 44.9 Å². The molecule has 0 aromatic heterocycles. The lowest BCUT2D eigenvalue weighted by Crippen LogP contribution is -2.38. The summed E-state index contributed by atoms with van der Waals surface area (Å²) in [6.45, 7) is 6.56. The van der Waals surface area contributed by atoms with Gasteiger partial charge in [0.2, 0.25) is 0 Å². The molecule has 0 radical (unpaired) electrons. The second-order valence-corrected chi connectivity index (χ2v) is 5.19. The molecule has 1 rings (SSSR count). The van der Waals surface area contributed by atoms with Crippen molar-refractivity contribution in [3.63, 3.8) is 0 Å².